The zero-order valence-electron chi connectivity index (χ0n) is 28.9. The molecule has 1 atom stereocenters. The van der Waals surface area contributed by atoms with Crippen molar-refractivity contribution in [3.8, 4) is 34.1 Å². The van der Waals surface area contributed by atoms with Crippen LogP contribution in [0.25, 0.3) is 33.5 Å². The summed E-state index contributed by atoms with van der Waals surface area (Å²) < 4.78 is 25.0. The van der Waals surface area contributed by atoms with Crippen LogP contribution in [0, 0.1) is 0 Å². The molecule has 0 aromatic heterocycles. The lowest BCUT2D eigenvalue weighted by atomic mass is 9.70. The maximum Gasteiger partial charge on any atom is 0.174 e. The van der Waals surface area contributed by atoms with Crippen molar-refractivity contribution in [2.45, 2.75) is 50.5 Å². The van der Waals surface area contributed by atoms with Crippen molar-refractivity contribution in [3.05, 3.63) is 143 Å². The second-order valence-corrected chi connectivity index (χ2v) is 13.2. The predicted octanol–water partition coefficient (Wildman–Crippen LogP) is 11.1. The topological polar surface area (TPSA) is 36.9 Å². The first-order valence-electron chi connectivity index (χ1n) is 17.4. The molecule has 2 aliphatic carbocycles. The van der Waals surface area contributed by atoms with Gasteiger partial charge in [-0.2, -0.15) is 0 Å². The molecular formula is C45H42O4. The minimum Gasteiger partial charge on any atom is -0.497 e. The van der Waals surface area contributed by atoms with Gasteiger partial charge in [0.25, 0.3) is 0 Å². The minimum atomic E-state index is -0.821. The normalized spacial score (nSPS) is 18.5. The molecule has 5 aromatic rings. The van der Waals surface area contributed by atoms with Gasteiger partial charge in [-0.3, -0.25) is 0 Å². The number of rotatable bonds is 8. The Kier molecular flexibility index (Phi) is 7.63. The van der Waals surface area contributed by atoms with Gasteiger partial charge in [0.15, 0.2) is 17.1 Å². The van der Waals surface area contributed by atoms with Crippen LogP contribution in [-0.4, -0.2) is 21.3 Å². The molecule has 0 fully saturated rings. The molecule has 0 saturated heterocycles. The van der Waals surface area contributed by atoms with Crippen molar-refractivity contribution in [2.75, 3.05) is 21.3 Å². The minimum absolute atomic E-state index is 0.150. The molecule has 0 N–H and O–H groups in total. The van der Waals surface area contributed by atoms with E-state index in [0.29, 0.717) is 11.5 Å². The van der Waals surface area contributed by atoms with E-state index in [1.165, 1.54) is 39.0 Å². The van der Waals surface area contributed by atoms with Gasteiger partial charge in [0.1, 0.15) is 11.5 Å². The van der Waals surface area contributed by atoms with Gasteiger partial charge >= 0.3 is 0 Å². The maximum atomic E-state index is 7.63. The molecule has 5 aromatic carbocycles. The fourth-order valence-corrected chi connectivity index (χ4v) is 8.67. The third-order valence-corrected chi connectivity index (χ3v) is 11.2. The monoisotopic (exact) mass is 646 g/mol. The zero-order chi connectivity index (χ0) is 33.8. The molecule has 49 heavy (non-hydrogen) atoms. The second-order valence-electron chi connectivity index (χ2n) is 13.2. The van der Waals surface area contributed by atoms with Gasteiger partial charge in [-0.1, -0.05) is 98.8 Å². The molecular weight excluding hydrogens is 604 g/mol. The van der Waals surface area contributed by atoms with Crippen molar-refractivity contribution >= 4 is 22.4 Å². The number of hydrogen-bond acceptors (Lipinski definition) is 4. The van der Waals surface area contributed by atoms with Crippen LogP contribution in [-0.2, 0) is 11.0 Å². The molecule has 0 saturated carbocycles. The second kappa shape index (κ2) is 12.0. The molecule has 8 rings (SSSR count). The zero-order valence-corrected chi connectivity index (χ0v) is 28.9. The molecule has 0 bridgehead atoms. The number of methoxy groups -OCH3 is 3. The molecule has 3 aliphatic rings. The summed E-state index contributed by atoms with van der Waals surface area (Å²) in [7, 11) is 5.11. The largest absolute Gasteiger partial charge is 0.497 e. The van der Waals surface area contributed by atoms with E-state index in [2.05, 4.69) is 117 Å². The number of ether oxygens (including phenoxy) is 4. The Labute approximate surface area is 289 Å². The Hall–Kier alpha value is -5.22. The van der Waals surface area contributed by atoms with E-state index in [0.717, 1.165) is 59.1 Å². The van der Waals surface area contributed by atoms with Gasteiger partial charge in [-0.15, -0.1) is 0 Å². The number of hydrogen-bond donors (Lipinski definition) is 0. The van der Waals surface area contributed by atoms with Gasteiger partial charge in [0, 0.05) is 21.9 Å². The molecule has 246 valence electrons. The quantitative estimate of drug-likeness (QED) is 0.168. The van der Waals surface area contributed by atoms with Crippen LogP contribution in [0.4, 0.5) is 0 Å². The van der Waals surface area contributed by atoms with Crippen molar-refractivity contribution in [3.63, 3.8) is 0 Å². The summed E-state index contributed by atoms with van der Waals surface area (Å²) in [5.41, 5.74) is 10.3. The summed E-state index contributed by atoms with van der Waals surface area (Å²) in [6.07, 6.45) is 13.0. The number of fused-ring (bicyclic) bond motifs is 8. The highest BCUT2D eigenvalue weighted by molar-refractivity contribution is 6.09. The van der Waals surface area contributed by atoms with Gasteiger partial charge in [0.05, 0.1) is 21.3 Å². The van der Waals surface area contributed by atoms with Gasteiger partial charge in [0.2, 0.25) is 0 Å². The first kappa shape index (κ1) is 31.1. The summed E-state index contributed by atoms with van der Waals surface area (Å²) in [6, 6.07) is 32.2. The van der Waals surface area contributed by atoms with Crippen LogP contribution in [0.15, 0.2) is 115 Å². The molecule has 4 heteroatoms. The number of benzene rings is 5. The van der Waals surface area contributed by atoms with Crippen molar-refractivity contribution in [1.82, 2.24) is 0 Å². The third-order valence-electron chi connectivity index (χ3n) is 11.2. The van der Waals surface area contributed by atoms with Crippen LogP contribution in [0.2, 0.25) is 0 Å². The smallest absolute Gasteiger partial charge is 0.174 e. The summed E-state index contributed by atoms with van der Waals surface area (Å²) >= 11 is 0. The van der Waals surface area contributed by atoms with E-state index in [1.54, 1.807) is 21.3 Å². The average molecular weight is 647 g/mol. The maximum absolute atomic E-state index is 7.63. The average Bonchev–Trinajstić information content (AvgIpc) is 3.48. The lowest BCUT2D eigenvalue weighted by Gasteiger charge is -2.41. The molecule has 1 unspecified atom stereocenters. The Balaban J connectivity index is 1.42. The van der Waals surface area contributed by atoms with Crippen molar-refractivity contribution in [1.29, 1.82) is 0 Å². The van der Waals surface area contributed by atoms with Crippen LogP contribution >= 0.6 is 0 Å². The molecule has 0 spiro atoms. The Bertz CT molecular complexity index is 2170. The van der Waals surface area contributed by atoms with E-state index >= 15 is 0 Å². The fraction of sp³-hybridized carbons (Fsp3) is 0.244. The van der Waals surface area contributed by atoms with E-state index in [1.807, 2.05) is 12.1 Å². The van der Waals surface area contributed by atoms with Crippen LogP contribution in [0.1, 0.15) is 67.3 Å². The summed E-state index contributed by atoms with van der Waals surface area (Å²) in [4.78, 5) is 0. The molecule has 1 heterocycles. The van der Waals surface area contributed by atoms with E-state index in [-0.39, 0.29) is 5.41 Å². The Morgan fingerprint density at radius 2 is 1.41 bits per heavy atom. The van der Waals surface area contributed by atoms with Gasteiger partial charge in [-0.25, -0.2) is 0 Å². The first-order valence-corrected chi connectivity index (χ1v) is 17.4. The molecule has 1 aliphatic heterocycles. The third kappa shape index (κ3) is 4.57. The molecule has 0 amide bonds. The lowest BCUT2D eigenvalue weighted by Crippen LogP contribution is -2.36. The first-order chi connectivity index (χ1) is 24.0. The highest BCUT2D eigenvalue weighted by Gasteiger charge is 2.47. The molecule has 0 radical (unpaired) electrons. The fourth-order valence-electron chi connectivity index (χ4n) is 8.67. The van der Waals surface area contributed by atoms with Gasteiger partial charge in [-0.05, 0) is 100 Å². The summed E-state index contributed by atoms with van der Waals surface area (Å²) in [5, 5.41) is 2.13. The number of allylic oxidation sites excluding steroid dienone is 3. The molecule has 4 nitrogen and oxygen atoms in total. The highest BCUT2D eigenvalue weighted by atomic mass is 16.5. The van der Waals surface area contributed by atoms with Crippen LogP contribution in [0.3, 0.4) is 0 Å². The predicted molar refractivity (Wildman–Crippen MR) is 200 cm³/mol. The van der Waals surface area contributed by atoms with Crippen molar-refractivity contribution in [2.24, 2.45) is 0 Å². The van der Waals surface area contributed by atoms with Crippen LogP contribution in [0.5, 0.6) is 23.0 Å². The highest BCUT2D eigenvalue weighted by Crippen LogP contribution is 2.61. The summed E-state index contributed by atoms with van der Waals surface area (Å²) in [6.45, 7) is 4.64. The standard InChI is InChI=1S/C45H42O4/c1-6-44(7-2)38-16-12-11-15-34(38)41-36-27-39(47-4)40(48-5)28-37(36)43-35(42(41)44)25-26-45(49-43,32-21-23-33(46-3)24-22-32)31-19-17-30(18-20-31)29-13-9-8-10-14-29/h8-17,19,21-28H,6-7,18,20H2,1-5H3. The van der Waals surface area contributed by atoms with E-state index in [4.69, 9.17) is 18.9 Å². The Morgan fingerprint density at radius 1 is 0.714 bits per heavy atom. The SMILES string of the molecule is CCC1(CC)c2ccccc2-c2c1c1c(c3cc(OC)c(OC)cc23)OC(C2=CC=C(c3ccccc3)CC2)(c2ccc(OC)cc2)C=C1. The van der Waals surface area contributed by atoms with Gasteiger partial charge < -0.3 is 18.9 Å². The van der Waals surface area contributed by atoms with E-state index < -0.39 is 5.60 Å². The Morgan fingerprint density at radius 3 is 2.06 bits per heavy atom. The van der Waals surface area contributed by atoms with Crippen molar-refractivity contribution < 1.29 is 18.9 Å². The van der Waals surface area contributed by atoms with Crippen LogP contribution < -0.4 is 18.9 Å². The lowest BCUT2D eigenvalue weighted by molar-refractivity contribution is 0.154. The van der Waals surface area contributed by atoms with E-state index in [9.17, 15) is 0 Å². The summed E-state index contributed by atoms with van der Waals surface area (Å²) in [5.74, 6) is 3.09.